The molecule has 1 rings (SSSR count). The molecular weight excluding hydrogens is 305 g/mol. The van der Waals surface area contributed by atoms with Gasteiger partial charge in [0, 0.05) is 20.0 Å². The van der Waals surface area contributed by atoms with Gasteiger partial charge in [-0.2, -0.15) is 13.7 Å². The van der Waals surface area contributed by atoms with Crippen LogP contribution in [0.25, 0.3) is 0 Å². The third-order valence-electron chi connectivity index (χ3n) is 2.37. The zero-order valence-electron chi connectivity index (χ0n) is 11.4. The zero-order valence-corrected chi connectivity index (χ0v) is 14.0. The number of ether oxygens (including phenoxy) is 1. The predicted molar refractivity (Wildman–Crippen MR) is 64.7 cm³/mol. The monoisotopic (exact) mass is 317 g/mol. The Morgan fingerprint density at radius 3 is 2.74 bits per heavy atom. The van der Waals surface area contributed by atoms with Crippen molar-refractivity contribution < 1.29 is 53.5 Å². The molecule has 0 spiro atoms. The molecule has 0 saturated carbocycles. The number of nitrogens with one attached hydrogen (secondary N) is 1. The van der Waals surface area contributed by atoms with Crippen LogP contribution in [0.15, 0.2) is 0 Å². The van der Waals surface area contributed by atoms with Gasteiger partial charge in [0.05, 0.1) is 17.6 Å². The second kappa shape index (κ2) is 6.94. The Morgan fingerprint density at radius 2 is 2.37 bits per heavy atom. The number of nitriles is 1. The van der Waals surface area contributed by atoms with Gasteiger partial charge in [-0.15, -0.1) is 0 Å². The fourth-order valence-corrected chi connectivity index (χ4v) is 2.36. The second-order valence-electron chi connectivity index (χ2n) is 3.53. The number of β-lactam (4-membered cyclic amide) rings is 1. The van der Waals surface area contributed by atoms with Crippen LogP contribution in [0.4, 0.5) is 0 Å². The molecular formula is C8H12N3NaO5S2. The predicted octanol–water partition coefficient (Wildman–Crippen LogP) is -3.69. The van der Waals surface area contributed by atoms with Crippen LogP contribution in [0.5, 0.6) is 0 Å². The van der Waals surface area contributed by atoms with Gasteiger partial charge >= 0.3 is 39.9 Å². The molecule has 102 valence electrons. The zero-order chi connectivity index (χ0) is 14.0. The minimum absolute atomic E-state index is 0. The quantitative estimate of drug-likeness (QED) is 0.175. The van der Waals surface area contributed by atoms with Crippen molar-refractivity contribution in [1.82, 2.24) is 9.62 Å². The average molecular weight is 317 g/mol. The largest absolute Gasteiger partial charge is 1.00 e. The molecule has 8 nitrogen and oxygen atoms in total. The normalized spacial score (nSPS) is 21.9. The molecule has 11 heteroatoms. The molecule has 1 heterocycles. The summed E-state index contributed by atoms with van der Waals surface area (Å²) in [5, 5.41) is 10.9. The Balaban J connectivity index is 0. The van der Waals surface area contributed by atoms with Crippen molar-refractivity contribution in [3.05, 3.63) is 0 Å². The Kier molecular flexibility index (Phi) is 6.84. The van der Waals surface area contributed by atoms with Crippen LogP contribution >= 0.6 is 12.2 Å². The van der Waals surface area contributed by atoms with Crippen LogP contribution in [0.1, 0.15) is 14.3 Å². The van der Waals surface area contributed by atoms with E-state index in [1.807, 2.05) is 6.07 Å². The molecule has 19 heavy (non-hydrogen) atoms. The van der Waals surface area contributed by atoms with E-state index in [1.165, 1.54) is 7.11 Å². The Morgan fingerprint density at radius 1 is 1.79 bits per heavy atom. The molecule has 0 radical (unpaired) electrons. The first-order valence-electron chi connectivity index (χ1n) is 4.79. The summed E-state index contributed by atoms with van der Waals surface area (Å²) >= 11 is 4.89. The maximum Gasteiger partial charge on any atom is 1.00 e. The van der Waals surface area contributed by atoms with E-state index >= 15 is 0 Å². The molecule has 0 aromatic rings. The van der Waals surface area contributed by atoms with Crippen molar-refractivity contribution in [2.24, 2.45) is 0 Å². The molecule has 1 saturated heterocycles. The molecule has 0 bridgehead atoms. The summed E-state index contributed by atoms with van der Waals surface area (Å²) in [6, 6.07) is 1.88. The third-order valence-corrected chi connectivity index (χ3v) is 3.53. The van der Waals surface area contributed by atoms with Crippen molar-refractivity contribution >= 4 is 33.4 Å². The number of thiocarbonyl (C=S) groups is 1. The Bertz CT molecular complexity index is 523. The maximum atomic E-state index is 11.6. The van der Waals surface area contributed by atoms with E-state index < -0.39 is 21.9 Å². The number of amides is 1. The number of rotatable bonds is 5. The van der Waals surface area contributed by atoms with Crippen LogP contribution in [-0.4, -0.2) is 47.6 Å². The number of nitrogens with zero attached hydrogens (tertiary/aromatic N) is 2. The molecule has 2 N–H and O–H groups in total. The summed E-state index contributed by atoms with van der Waals surface area (Å²) in [5.74, 6) is -0.952. The van der Waals surface area contributed by atoms with Crippen LogP contribution in [0.2, 0.25) is 0 Å². The average Bonchev–Trinajstić information content (AvgIpc) is 2.29. The molecule has 1 fully saturated rings. The van der Waals surface area contributed by atoms with Gasteiger partial charge in [0.2, 0.25) is 5.72 Å². The third kappa shape index (κ3) is 4.09. The van der Waals surface area contributed by atoms with Gasteiger partial charge < -0.3 is 11.5 Å². The topological polar surface area (TPSA) is 120 Å². The van der Waals surface area contributed by atoms with Gasteiger partial charge in [0.25, 0.3) is 5.91 Å². The van der Waals surface area contributed by atoms with Crippen LogP contribution < -0.4 is 34.9 Å². The molecule has 1 amide bonds. The number of hydrogen-bond acceptors (Lipinski definition) is 6. The molecule has 0 aromatic heterocycles. The molecule has 1 unspecified atom stereocenters. The van der Waals surface area contributed by atoms with E-state index in [9.17, 15) is 13.2 Å². The molecule has 1 atom stereocenters. The summed E-state index contributed by atoms with van der Waals surface area (Å²) < 4.78 is 35.5. The first-order chi connectivity index (χ1) is 8.27. The van der Waals surface area contributed by atoms with Crippen LogP contribution in [-0.2, 0) is 19.8 Å². The van der Waals surface area contributed by atoms with E-state index in [0.29, 0.717) is 0 Å². The van der Waals surface area contributed by atoms with Gasteiger partial charge in [0.1, 0.15) is 0 Å². The van der Waals surface area contributed by atoms with Crippen molar-refractivity contribution in [3.8, 4) is 6.07 Å². The summed E-state index contributed by atoms with van der Waals surface area (Å²) in [4.78, 5) is 11.9. The molecule has 1 aliphatic rings. The van der Waals surface area contributed by atoms with Gasteiger partial charge in [0.15, 0.2) is 0 Å². The molecule has 0 aromatic carbocycles. The van der Waals surface area contributed by atoms with Crippen LogP contribution in [0.3, 0.4) is 0 Å². The summed E-state index contributed by atoms with van der Waals surface area (Å²) in [6.07, 6.45) is 0.401. The fourth-order valence-electron chi connectivity index (χ4n) is 1.39. The number of carbonyl (C=O) groups is 1. The van der Waals surface area contributed by atoms with Crippen molar-refractivity contribution in [2.75, 3.05) is 13.7 Å². The summed E-state index contributed by atoms with van der Waals surface area (Å²) in [6.45, 7) is -0.381. The van der Waals surface area contributed by atoms with E-state index in [1.54, 1.807) is 0 Å². The van der Waals surface area contributed by atoms with Crippen LogP contribution in [0, 0.1) is 11.3 Å². The van der Waals surface area contributed by atoms with E-state index in [0.717, 1.165) is 0 Å². The minimum atomic E-state index is -4.58. The van der Waals surface area contributed by atoms with Crippen molar-refractivity contribution in [1.29, 1.82) is 5.26 Å². The van der Waals surface area contributed by atoms with E-state index in [-0.39, 0.29) is 59.7 Å². The second-order valence-corrected chi connectivity index (χ2v) is 5.36. The number of hydrogen-bond donors (Lipinski definition) is 2. The fraction of sp³-hybridized carbons (Fsp3) is 0.625. The van der Waals surface area contributed by atoms with E-state index in [2.05, 4.69) is 5.32 Å². The standard InChI is InChI=1S/C8H11N3O5S2.Na.H/c1-16-8(10-6(17)3-2-4-9)5-11(7(8)12)18(13,14)15;;/h2-3,5H2,1H3,(H,10,17)(H,13,14,15);;/q;+1;-1. The maximum absolute atomic E-state index is 11.6. The Hall–Kier alpha value is -0.280. The summed E-state index contributed by atoms with van der Waals surface area (Å²) in [5.41, 5.74) is -1.58. The number of methoxy groups -OCH3 is 1. The van der Waals surface area contributed by atoms with E-state index in [4.69, 9.17) is 26.8 Å². The SMILES string of the molecule is COC1(NC(=S)CCC#N)CN(S(=O)(=O)O)C1=O.[H-].[Na+]. The summed E-state index contributed by atoms with van der Waals surface area (Å²) in [7, 11) is -3.37. The van der Waals surface area contributed by atoms with Gasteiger partial charge in [-0.05, 0) is 0 Å². The first-order valence-corrected chi connectivity index (χ1v) is 6.60. The smallest absolute Gasteiger partial charge is 1.00 e. The minimum Gasteiger partial charge on any atom is -1.00 e. The van der Waals surface area contributed by atoms with Crippen molar-refractivity contribution in [3.63, 3.8) is 0 Å². The number of carbonyl (C=O) groups excluding carboxylic acids is 1. The van der Waals surface area contributed by atoms with Gasteiger partial charge in [-0.1, -0.05) is 12.2 Å². The molecule has 0 aliphatic carbocycles. The Labute approximate surface area is 139 Å². The molecule has 1 aliphatic heterocycles. The van der Waals surface area contributed by atoms with Gasteiger partial charge in [-0.3, -0.25) is 9.35 Å². The van der Waals surface area contributed by atoms with Gasteiger partial charge in [-0.25, -0.2) is 4.31 Å². The van der Waals surface area contributed by atoms with Crippen molar-refractivity contribution in [2.45, 2.75) is 18.6 Å². The first kappa shape index (κ1) is 18.7.